The van der Waals surface area contributed by atoms with Crippen LogP contribution in [0.25, 0.3) is 0 Å². The van der Waals surface area contributed by atoms with Crippen molar-refractivity contribution >= 4 is 17.3 Å². The predicted molar refractivity (Wildman–Crippen MR) is 90.4 cm³/mol. The van der Waals surface area contributed by atoms with Crippen LogP contribution in [-0.4, -0.2) is 30.7 Å². The summed E-state index contributed by atoms with van der Waals surface area (Å²) in [4.78, 5) is 17.1. The Labute approximate surface area is 144 Å². The Bertz CT molecular complexity index is 703. The molecule has 24 heavy (non-hydrogen) atoms. The number of nitrogens with one attached hydrogen (secondary N) is 1. The van der Waals surface area contributed by atoms with Crippen molar-refractivity contribution in [3.8, 4) is 11.5 Å². The number of hydrogen-bond acceptors (Lipinski definition) is 7. The molecule has 128 valence electrons. The van der Waals surface area contributed by atoms with Crippen LogP contribution < -0.4 is 14.8 Å². The first-order chi connectivity index (χ1) is 11.7. The van der Waals surface area contributed by atoms with E-state index in [-0.39, 0.29) is 12.0 Å². The van der Waals surface area contributed by atoms with Crippen molar-refractivity contribution in [2.45, 2.75) is 32.5 Å². The van der Waals surface area contributed by atoms with Gasteiger partial charge in [-0.3, -0.25) is 9.78 Å². The average molecular weight is 348 g/mol. The van der Waals surface area contributed by atoms with Crippen molar-refractivity contribution in [3.05, 3.63) is 39.8 Å². The van der Waals surface area contributed by atoms with E-state index in [4.69, 9.17) is 14.2 Å². The Morgan fingerprint density at radius 3 is 3.04 bits per heavy atom. The van der Waals surface area contributed by atoms with Crippen molar-refractivity contribution in [1.29, 1.82) is 0 Å². The molecule has 0 bridgehead atoms. The van der Waals surface area contributed by atoms with E-state index in [0.29, 0.717) is 37.7 Å². The molecule has 1 unspecified atom stereocenters. The van der Waals surface area contributed by atoms with E-state index in [1.807, 2.05) is 12.1 Å². The lowest BCUT2D eigenvalue weighted by Crippen LogP contribution is -2.42. The van der Waals surface area contributed by atoms with Gasteiger partial charge < -0.3 is 19.5 Å². The third-order valence-corrected chi connectivity index (χ3v) is 4.65. The van der Waals surface area contributed by atoms with Crippen molar-refractivity contribution in [2.24, 2.45) is 0 Å². The van der Waals surface area contributed by atoms with Crippen molar-refractivity contribution in [2.75, 3.05) is 13.7 Å². The van der Waals surface area contributed by atoms with E-state index < -0.39 is 0 Å². The molecule has 1 aromatic heterocycles. The Hall–Kier alpha value is -2.12. The molecule has 0 saturated carbocycles. The zero-order valence-electron chi connectivity index (χ0n) is 13.7. The van der Waals surface area contributed by atoms with Crippen molar-refractivity contribution in [3.63, 3.8) is 0 Å². The largest absolute Gasteiger partial charge is 0.493 e. The summed E-state index contributed by atoms with van der Waals surface area (Å²) in [6, 6.07) is 3.53. The first kappa shape index (κ1) is 16.7. The van der Waals surface area contributed by atoms with E-state index in [0.717, 1.165) is 16.0 Å². The van der Waals surface area contributed by atoms with Gasteiger partial charge in [-0.2, -0.15) is 0 Å². The monoisotopic (exact) mass is 348 g/mol. The number of benzene rings is 1. The maximum absolute atomic E-state index is 12.1. The maximum Gasteiger partial charge on any atom is 0.323 e. The number of fused-ring (bicyclic) bond motifs is 1. The molecule has 0 aliphatic carbocycles. The fourth-order valence-electron chi connectivity index (χ4n) is 2.73. The minimum atomic E-state index is -0.365. The van der Waals surface area contributed by atoms with E-state index in [1.165, 1.54) is 0 Å². The Morgan fingerprint density at radius 1 is 1.46 bits per heavy atom. The van der Waals surface area contributed by atoms with Crippen molar-refractivity contribution < 1.29 is 19.0 Å². The standard InChI is InChI=1S/C17H20N2O4S/c1-3-22-17(20)14-6-13-11(7-19-14)4-5-15(21-2)16(13)23-9-12-8-18-10-24-12/h4-5,8,10,14,19H,3,6-7,9H2,1-2H3. The van der Waals surface area contributed by atoms with E-state index >= 15 is 0 Å². The normalized spacial score (nSPS) is 16.3. The van der Waals surface area contributed by atoms with Crippen LogP contribution in [0.5, 0.6) is 11.5 Å². The molecule has 1 aliphatic heterocycles. The third kappa shape index (κ3) is 3.52. The SMILES string of the molecule is CCOC(=O)C1Cc2c(ccc(OC)c2OCc2cncs2)CN1. The highest BCUT2D eigenvalue weighted by Crippen LogP contribution is 2.37. The molecule has 0 spiro atoms. The summed E-state index contributed by atoms with van der Waals surface area (Å²) in [6.45, 7) is 3.20. The predicted octanol–water partition coefficient (Wildman–Crippen LogP) is 2.31. The Morgan fingerprint density at radius 2 is 2.33 bits per heavy atom. The number of esters is 1. The second-order valence-corrected chi connectivity index (χ2v) is 6.35. The van der Waals surface area contributed by atoms with Gasteiger partial charge in [0.1, 0.15) is 12.6 Å². The highest BCUT2D eigenvalue weighted by Gasteiger charge is 2.29. The highest BCUT2D eigenvalue weighted by molar-refractivity contribution is 7.09. The summed E-state index contributed by atoms with van der Waals surface area (Å²) < 4.78 is 16.6. The molecule has 6 nitrogen and oxygen atoms in total. The minimum Gasteiger partial charge on any atom is -0.493 e. The molecule has 0 fully saturated rings. The number of carbonyl (C=O) groups excluding carboxylic acids is 1. The number of hydrogen-bond donors (Lipinski definition) is 1. The molecule has 2 aromatic rings. The van der Waals surface area contributed by atoms with Crippen LogP contribution in [0.1, 0.15) is 22.9 Å². The van der Waals surface area contributed by atoms with Crippen LogP contribution >= 0.6 is 11.3 Å². The highest BCUT2D eigenvalue weighted by atomic mass is 32.1. The van der Waals surface area contributed by atoms with Gasteiger partial charge in [0, 0.05) is 24.7 Å². The summed E-state index contributed by atoms with van der Waals surface area (Å²) in [5.74, 6) is 1.13. The van der Waals surface area contributed by atoms with Gasteiger partial charge in [-0.15, -0.1) is 11.3 Å². The molecule has 1 atom stereocenters. The summed E-state index contributed by atoms with van der Waals surface area (Å²) in [7, 11) is 1.62. The number of nitrogens with zero attached hydrogens (tertiary/aromatic N) is 1. The Balaban J connectivity index is 1.85. The maximum atomic E-state index is 12.1. The summed E-state index contributed by atoms with van der Waals surface area (Å²) in [5.41, 5.74) is 3.88. The van der Waals surface area contributed by atoms with Gasteiger partial charge in [-0.1, -0.05) is 6.07 Å². The topological polar surface area (TPSA) is 69.7 Å². The third-order valence-electron chi connectivity index (χ3n) is 3.90. The summed E-state index contributed by atoms with van der Waals surface area (Å²) in [6.07, 6.45) is 2.30. The quantitative estimate of drug-likeness (QED) is 0.808. The second kappa shape index (κ2) is 7.63. The summed E-state index contributed by atoms with van der Waals surface area (Å²) >= 11 is 1.54. The van der Waals surface area contributed by atoms with Crippen LogP contribution in [0, 0.1) is 0 Å². The fourth-order valence-corrected chi connectivity index (χ4v) is 3.24. The zero-order chi connectivity index (χ0) is 16.9. The lowest BCUT2D eigenvalue weighted by atomic mass is 9.94. The first-order valence-electron chi connectivity index (χ1n) is 7.81. The van der Waals surface area contributed by atoms with Gasteiger partial charge in [-0.25, -0.2) is 0 Å². The molecule has 0 amide bonds. The van der Waals surface area contributed by atoms with Crippen molar-refractivity contribution in [1.82, 2.24) is 10.3 Å². The molecule has 0 radical (unpaired) electrons. The van der Waals surface area contributed by atoms with Gasteiger partial charge in [0.25, 0.3) is 0 Å². The molecule has 1 aromatic carbocycles. The molecular formula is C17H20N2O4S. The molecule has 1 N–H and O–H groups in total. The van der Waals surface area contributed by atoms with Gasteiger partial charge in [0.05, 0.1) is 24.1 Å². The average Bonchev–Trinajstić information content (AvgIpc) is 3.12. The molecule has 0 saturated heterocycles. The number of rotatable bonds is 6. The van der Waals surface area contributed by atoms with E-state index in [2.05, 4.69) is 10.3 Å². The number of thiazole rings is 1. The number of ether oxygens (including phenoxy) is 3. The van der Waals surface area contributed by atoms with Crippen LogP contribution in [0.4, 0.5) is 0 Å². The Kier molecular flexibility index (Phi) is 5.32. The molecule has 2 heterocycles. The molecule has 7 heteroatoms. The number of aromatic nitrogens is 1. The van der Waals surface area contributed by atoms with E-state index in [1.54, 1.807) is 37.1 Å². The molecule has 1 aliphatic rings. The fraction of sp³-hybridized carbons (Fsp3) is 0.412. The lowest BCUT2D eigenvalue weighted by Gasteiger charge is -2.27. The van der Waals surface area contributed by atoms with Crippen LogP contribution in [0.3, 0.4) is 0 Å². The lowest BCUT2D eigenvalue weighted by molar-refractivity contribution is -0.145. The first-order valence-corrected chi connectivity index (χ1v) is 8.69. The van der Waals surface area contributed by atoms with Crippen LogP contribution in [0.2, 0.25) is 0 Å². The van der Waals surface area contributed by atoms with Gasteiger partial charge >= 0.3 is 5.97 Å². The zero-order valence-corrected chi connectivity index (χ0v) is 14.5. The molecular weight excluding hydrogens is 328 g/mol. The smallest absolute Gasteiger partial charge is 0.323 e. The summed E-state index contributed by atoms with van der Waals surface area (Å²) in [5, 5.41) is 3.22. The molecule has 3 rings (SSSR count). The van der Waals surface area contributed by atoms with E-state index in [9.17, 15) is 4.79 Å². The van der Waals surface area contributed by atoms with Gasteiger partial charge in [0.2, 0.25) is 0 Å². The van der Waals surface area contributed by atoms with Crippen LogP contribution in [0.15, 0.2) is 23.8 Å². The second-order valence-electron chi connectivity index (χ2n) is 5.38. The number of methoxy groups -OCH3 is 1. The number of carbonyl (C=O) groups is 1. The minimum absolute atomic E-state index is 0.237. The van der Waals surface area contributed by atoms with Crippen LogP contribution in [-0.2, 0) is 29.1 Å². The van der Waals surface area contributed by atoms with Gasteiger partial charge in [0.15, 0.2) is 11.5 Å². The van der Waals surface area contributed by atoms with Gasteiger partial charge in [-0.05, 0) is 18.6 Å².